The van der Waals surface area contributed by atoms with Crippen molar-refractivity contribution in [2.24, 2.45) is 5.92 Å². The van der Waals surface area contributed by atoms with Crippen LogP contribution in [0.25, 0.3) is 0 Å². The van der Waals surface area contributed by atoms with E-state index in [2.05, 4.69) is 30.2 Å². The Balaban J connectivity index is 1.35. The zero-order valence-electron chi connectivity index (χ0n) is 16.0. The van der Waals surface area contributed by atoms with Crippen LogP contribution in [-0.2, 0) is 4.79 Å². The van der Waals surface area contributed by atoms with Crippen molar-refractivity contribution >= 4 is 23.3 Å². The van der Waals surface area contributed by atoms with Crippen molar-refractivity contribution in [1.82, 2.24) is 25.3 Å². The van der Waals surface area contributed by atoms with Gasteiger partial charge in [-0.25, -0.2) is 9.97 Å². The van der Waals surface area contributed by atoms with E-state index in [1.165, 1.54) is 25.7 Å². The van der Waals surface area contributed by atoms with Gasteiger partial charge in [0.05, 0.1) is 18.7 Å². The average molecular weight is 403 g/mol. The van der Waals surface area contributed by atoms with Gasteiger partial charge in [-0.3, -0.25) is 9.78 Å². The van der Waals surface area contributed by atoms with E-state index in [0.29, 0.717) is 24.3 Å². The number of H-pyrrole nitrogens is 1. The van der Waals surface area contributed by atoms with Crippen molar-refractivity contribution in [3.8, 4) is 0 Å². The monoisotopic (exact) mass is 402 g/mol. The number of nitrogens with one attached hydrogen (secondary N) is 2. The molecular formula is C20H27ClN6O. The maximum atomic E-state index is 12.5. The van der Waals surface area contributed by atoms with Crippen molar-refractivity contribution < 1.29 is 4.79 Å². The van der Waals surface area contributed by atoms with Crippen LogP contribution in [0.15, 0.2) is 24.9 Å². The molecule has 2 atom stereocenters. The second-order valence-electron chi connectivity index (χ2n) is 7.79. The molecule has 2 aromatic heterocycles. The van der Waals surface area contributed by atoms with E-state index < -0.39 is 0 Å². The van der Waals surface area contributed by atoms with Crippen LogP contribution in [0.3, 0.4) is 0 Å². The van der Waals surface area contributed by atoms with E-state index in [1.807, 2.05) is 6.20 Å². The summed E-state index contributed by atoms with van der Waals surface area (Å²) in [6.45, 7) is 1.31. The van der Waals surface area contributed by atoms with Gasteiger partial charge < -0.3 is 15.2 Å². The number of imidazole rings is 1. The van der Waals surface area contributed by atoms with Crippen molar-refractivity contribution in [2.75, 3.05) is 18.0 Å². The molecule has 28 heavy (non-hydrogen) atoms. The van der Waals surface area contributed by atoms with Crippen molar-refractivity contribution in [2.45, 2.75) is 56.9 Å². The number of hydrogen-bond acceptors (Lipinski definition) is 5. The van der Waals surface area contributed by atoms with E-state index in [4.69, 9.17) is 11.6 Å². The van der Waals surface area contributed by atoms with Crippen LogP contribution in [-0.4, -0.2) is 45.0 Å². The van der Waals surface area contributed by atoms with Crippen molar-refractivity contribution in [1.29, 1.82) is 0 Å². The number of amides is 1. The summed E-state index contributed by atoms with van der Waals surface area (Å²) in [6, 6.07) is 0.422. The Morgan fingerprint density at radius 2 is 2.00 bits per heavy atom. The highest BCUT2D eigenvalue weighted by molar-refractivity contribution is 6.29. The SMILES string of the molecule is O=C(NCCN(c1cncc(Cl)n1)C1CCCCCC1)[C@@H]1C[C@H]1c1cnc[nH]1. The summed E-state index contributed by atoms with van der Waals surface area (Å²) in [7, 11) is 0. The van der Waals surface area contributed by atoms with Gasteiger partial charge in [0.25, 0.3) is 0 Å². The molecule has 2 N–H and O–H groups in total. The summed E-state index contributed by atoms with van der Waals surface area (Å²) in [5, 5.41) is 3.51. The minimum Gasteiger partial charge on any atom is -0.354 e. The van der Waals surface area contributed by atoms with E-state index in [-0.39, 0.29) is 17.7 Å². The second kappa shape index (κ2) is 8.90. The number of hydrogen-bond donors (Lipinski definition) is 2. The Labute approximate surface area is 170 Å². The third-order valence-corrected chi connectivity index (χ3v) is 6.03. The van der Waals surface area contributed by atoms with Crippen LogP contribution >= 0.6 is 11.6 Å². The third kappa shape index (κ3) is 4.63. The normalized spacial score (nSPS) is 22.5. The molecule has 150 valence electrons. The fourth-order valence-electron chi connectivity index (χ4n) is 4.25. The molecule has 0 spiro atoms. The fraction of sp³-hybridized carbons (Fsp3) is 0.600. The summed E-state index contributed by atoms with van der Waals surface area (Å²) < 4.78 is 0. The first kappa shape index (κ1) is 19.2. The van der Waals surface area contributed by atoms with Crippen LogP contribution in [0, 0.1) is 5.92 Å². The van der Waals surface area contributed by atoms with Gasteiger partial charge in [-0.2, -0.15) is 0 Å². The number of nitrogens with zero attached hydrogens (tertiary/aromatic N) is 4. The highest BCUT2D eigenvalue weighted by atomic mass is 35.5. The summed E-state index contributed by atoms with van der Waals surface area (Å²) in [6.07, 6.45) is 15.0. The minimum absolute atomic E-state index is 0.0535. The van der Waals surface area contributed by atoms with Crippen molar-refractivity contribution in [3.05, 3.63) is 35.8 Å². The van der Waals surface area contributed by atoms with Crippen LogP contribution in [0.5, 0.6) is 0 Å². The van der Waals surface area contributed by atoms with Crippen LogP contribution < -0.4 is 10.2 Å². The minimum atomic E-state index is 0.0535. The Morgan fingerprint density at radius 3 is 2.71 bits per heavy atom. The third-order valence-electron chi connectivity index (χ3n) is 5.85. The molecule has 0 aromatic carbocycles. The first-order valence-electron chi connectivity index (χ1n) is 10.2. The molecular weight excluding hydrogens is 376 g/mol. The number of rotatable bonds is 7. The van der Waals surface area contributed by atoms with Gasteiger partial charge in [-0.1, -0.05) is 37.3 Å². The van der Waals surface area contributed by atoms with Crippen LogP contribution in [0.2, 0.25) is 5.15 Å². The van der Waals surface area contributed by atoms with E-state index in [0.717, 1.165) is 30.8 Å². The zero-order chi connectivity index (χ0) is 19.3. The Kier molecular flexibility index (Phi) is 6.10. The molecule has 7 nitrogen and oxygen atoms in total. The lowest BCUT2D eigenvalue weighted by atomic mass is 10.1. The molecule has 1 amide bonds. The predicted octanol–water partition coefficient (Wildman–Crippen LogP) is 3.30. The highest BCUT2D eigenvalue weighted by Crippen LogP contribution is 2.46. The molecule has 0 saturated heterocycles. The molecule has 0 aliphatic heterocycles. The van der Waals surface area contributed by atoms with E-state index in [1.54, 1.807) is 18.7 Å². The number of aromatic nitrogens is 4. The van der Waals surface area contributed by atoms with Gasteiger partial charge in [0, 0.05) is 42.9 Å². The number of anilines is 1. The molecule has 0 unspecified atom stereocenters. The summed E-state index contributed by atoms with van der Waals surface area (Å²) in [4.78, 5) is 30.6. The summed E-state index contributed by atoms with van der Waals surface area (Å²) >= 11 is 6.08. The maximum Gasteiger partial charge on any atom is 0.223 e. The highest BCUT2D eigenvalue weighted by Gasteiger charge is 2.44. The molecule has 0 radical (unpaired) electrons. The van der Waals surface area contributed by atoms with E-state index >= 15 is 0 Å². The second-order valence-corrected chi connectivity index (χ2v) is 8.17. The smallest absolute Gasteiger partial charge is 0.223 e. The topological polar surface area (TPSA) is 86.8 Å². The first-order valence-corrected chi connectivity index (χ1v) is 10.6. The average Bonchev–Trinajstić information content (AvgIpc) is 3.40. The fourth-order valence-corrected chi connectivity index (χ4v) is 4.40. The Morgan fingerprint density at radius 1 is 1.18 bits per heavy atom. The number of aromatic amines is 1. The number of carbonyl (C=O) groups is 1. The van der Waals surface area contributed by atoms with Gasteiger partial charge in [0.1, 0.15) is 11.0 Å². The zero-order valence-corrected chi connectivity index (χ0v) is 16.7. The molecule has 2 aliphatic rings. The molecule has 2 aromatic rings. The molecule has 0 bridgehead atoms. The van der Waals surface area contributed by atoms with Crippen molar-refractivity contribution in [3.63, 3.8) is 0 Å². The summed E-state index contributed by atoms with van der Waals surface area (Å²) in [5.41, 5.74) is 1.05. The summed E-state index contributed by atoms with van der Waals surface area (Å²) in [5.74, 6) is 1.25. The molecule has 2 saturated carbocycles. The standard InChI is InChI=1S/C20H27ClN6O/c21-18-11-22-12-19(26-18)27(14-5-3-1-2-4-6-14)8-7-24-20(28)16-9-15(16)17-10-23-13-25-17/h10-16H,1-9H2,(H,23,25)(H,24,28)/t15-,16-/m1/s1. The predicted molar refractivity (Wildman–Crippen MR) is 108 cm³/mol. The number of halogens is 1. The van der Waals surface area contributed by atoms with Gasteiger partial charge >= 0.3 is 0 Å². The maximum absolute atomic E-state index is 12.5. The van der Waals surface area contributed by atoms with Gasteiger partial charge in [0.15, 0.2) is 0 Å². The van der Waals surface area contributed by atoms with Gasteiger partial charge in [-0.15, -0.1) is 0 Å². The van der Waals surface area contributed by atoms with Gasteiger partial charge in [-0.05, 0) is 19.3 Å². The van der Waals surface area contributed by atoms with Crippen LogP contribution in [0.1, 0.15) is 56.6 Å². The lowest BCUT2D eigenvalue weighted by Crippen LogP contribution is -2.42. The van der Waals surface area contributed by atoms with Crippen LogP contribution in [0.4, 0.5) is 5.82 Å². The van der Waals surface area contributed by atoms with Gasteiger partial charge in [0.2, 0.25) is 5.91 Å². The lowest BCUT2D eigenvalue weighted by molar-refractivity contribution is -0.122. The molecule has 4 rings (SSSR count). The quantitative estimate of drug-likeness (QED) is 0.694. The largest absolute Gasteiger partial charge is 0.354 e. The Hall–Kier alpha value is -2.15. The molecule has 2 heterocycles. The Bertz CT molecular complexity index is 775. The molecule has 2 aliphatic carbocycles. The molecule has 8 heteroatoms. The molecule has 2 fully saturated rings. The first-order chi connectivity index (χ1) is 13.7. The number of carbonyl (C=O) groups excluding carboxylic acids is 1. The van der Waals surface area contributed by atoms with E-state index in [9.17, 15) is 4.79 Å². The lowest BCUT2D eigenvalue weighted by Gasteiger charge is -2.32.